The highest BCUT2D eigenvalue weighted by molar-refractivity contribution is 5.92. The molecular formula is C12H17N3O3. The van der Waals surface area contributed by atoms with Crippen LogP contribution in [0.3, 0.4) is 0 Å². The van der Waals surface area contributed by atoms with Crippen LogP contribution in [0.1, 0.15) is 30.3 Å². The van der Waals surface area contributed by atoms with Crippen molar-refractivity contribution >= 4 is 5.91 Å². The fraction of sp³-hybridized carbons (Fsp3) is 0.583. The molecule has 1 aromatic heterocycles. The summed E-state index contributed by atoms with van der Waals surface area (Å²) in [5.74, 6) is -0.145. The first-order valence-corrected chi connectivity index (χ1v) is 6.01. The lowest BCUT2D eigenvalue weighted by atomic mass is 10.0. The Labute approximate surface area is 105 Å². The van der Waals surface area contributed by atoms with Crippen molar-refractivity contribution in [3.8, 4) is 0 Å². The molecule has 2 atom stereocenters. The monoisotopic (exact) mass is 251 g/mol. The van der Waals surface area contributed by atoms with Gasteiger partial charge in [0.25, 0.3) is 11.5 Å². The second-order valence-electron chi connectivity index (χ2n) is 4.54. The maximum Gasteiger partial charge on any atom is 0.274 e. The largest absolute Gasteiger partial charge is 0.381 e. The molecule has 18 heavy (non-hydrogen) atoms. The van der Waals surface area contributed by atoms with Gasteiger partial charge in [-0.15, -0.1) is 0 Å². The molecule has 0 bridgehead atoms. The molecule has 0 radical (unpaired) electrons. The van der Waals surface area contributed by atoms with Gasteiger partial charge in [-0.05, 0) is 25.8 Å². The zero-order valence-electron chi connectivity index (χ0n) is 10.5. The van der Waals surface area contributed by atoms with Gasteiger partial charge < -0.3 is 9.64 Å². The zero-order chi connectivity index (χ0) is 13.1. The molecule has 1 fully saturated rings. The second-order valence-corrected chi connectivity index (χ2v) is 4.54. The Kier molecular flexibility index (Phi) is 3.76. The van der Waals surface area contributed by atoms with Crippen molar-refractivity contribution in [1.82, 2.24) is 15.1 Å². The highest BCUT2D eigenvalue weighted by Gasteiger charge is 2.29. The summed E-state index contributed by atoms with van der Waals surface area (Å²) in [6.07, 6.45) is 1.87. The molecule has 0 saturated carbocycles. The van der Waals surface area contributed by atoms with E-state index in [1.807, 2.05) is 6.92 Å². The van der Waals surface area contributed by atoms with Crippen LogP contribution in [0.25, 0.3) is 0 Å². The molecule has 6 heteroatoms. The van der Waals surface area contributed by atoms with E-state index in [0.29, 0.717) is 6.54 Å². The summed E-state index contributed by atoms with van der Waals surface area (Å²) in [5, 5.41) is 6.04. The molecule has 1 aliphatic rings. The summed E-state index contributed by atoms with van der Waals surface area (Å²) in [7, 11) is 1.69. The van der Waals surface area contributed by atoms with E-state index in [4.69, 9.17) is 4.74 Å². The van der Waals surface area contributed by atoms with Crippen molar-refractivity contribution in [3.63, 3.8) is 0 Å². The maximum atomic E-state index is 12.2. The van der Waals surface area contributed by atoms with Gasteiger partial charge in [0.05, 0.1) is 6.10 Å². The lowest BCUT2D eigenvalue weighted by molar-refractivity contribution is 0.0156. The van der Waals surface area contributed by atoms with Crippen molar-refractivity contribution < 1.29 is 9.53 Å². The van der Waals surface area contributed by atoms with E-state index in [-0.39, 0.29) is 29.3 Å². The standard InChI is InChI=1S/C12H17N3O3/c1-8-7-9(18-2)5-6-15(8)12(17)10-3-4-11(16)14-13-10/h3-4,8-9H,5-7H2,1-2H3,(H,14,16). The molecule has 6 nitrogen and oxygen atoms in total. The molecule has 2 unspecified atom stereocenters. The topological polar surface area (TPSA) is 75.3 Å². The summed E-state index contributed by atoms with van der Waals surface area (Å²) in [4.78, 5) is 24.9. The zero-order valence-corrected chi connectivity index (χ0v) is 10.5. The number of carbonyl (C=O) groups excluding carboxylic acids is 1. The number of ether oxygens (including phenoxy) is 1. The number of aromatic amines is 1. The van der Waals surface area contributed by atoms with Gasteiger partial charge in [0.15, 0.2) is 0 Å². The third-order valence-corrected chi connectivity index (χ3v) is 3.32. The van der Waals surface area contributed by atoms with Crippen LogP contribution in [-0.4, -0.2) is 46.8 Å². The Bertz CT molecular complexity index is 465. The fourth-order valence-corrected chi connectivity index (χ4v) is 2.26. The van der Waals surface area contributed by atoms with Gasteiger partial charge in [-0.2, -0.15) is 5.10 Å². The molecule has 0 aliphatic carbocycles. The number of methoxy groups -OCH3 is 1. The average Bonchev–Trinajstić information content (AvgIpc) is 2.38. The predicted octanol–water partition coefficient (Wildman–Crippen LogP) is 0.409. The number of likely N-dealkylation sites (tertiary alicyclic amines) is 1. The number of rotatable bonds is 2. The van der Waals surface area contributed by atoms with E-state index >= 15 is 0 Å². The summed E-state index contributed by atoms with van der Waals surface area (Å²) in [6.45, 7) is 2.65. The van der Waals surface area contributed by atoms with Gasteiger partial charge in [0.2, 0.25) is 0 Å². The van der Waals surface area contributed by atoms with Crippen LogP contribution in [0.15, 0.2) is 16.9 Å². The lowest BCUT2D eigenvalue weighted by Crippen LogP contribution is -2.46. The van der Waals surface area contributed by atoms with E-state index in [0.717, 1.165) is 12.8 Å². The average molecular weight is 251 g/mol. The molecule has 0 spiro atoms. The van der Waals surface area contributed by atoms with Gasteiger partial charge in [0, 0.05) is 25.8 Å². The summed E-state index contributed by atoms with van der Waals surface area (Å²) in [6, 6.07) is 2.88. The number of nitrogens with one attached hydrogen (secondary N) is 1. The van der Waals surface area contributed by atoms with Crippen molar-refractivity contribution in [3.05, 3.63) is 28.2 Å². The van der Waals surface area contributed by atoms with E-state index in [1.165, 1.54) is 12.1 Å². The minimum absolute atomic E-state index is 0.116. The predicted molar refractivity (Wildman–Crippen MR) is 65.4 cm³/mol. The molecule has 1 saturated heterocycles. The third kappa shape index (κ3) is 2.59. The number of nitrogens with zero attached hydrogens (tertiary/aromatic N) is 2. The van der Waals surface area contributed by atoms with Crippen LogP contribution >= 0.6 is 0 Å². The van der Waals surface area contributed by atoms with Crippen LogP contribution in [-0.2, 0) is 4.74 Å². The Morgan fingerprint density at radius 2 is 2.33 bits per heavy atom. The normalized spacial score (nSPS) is 24.0. The van der Waals surface area contributed by atoms with Crippen molar-refractivity contribution in [2.24, 2.45) is 0 Å². The van der Waals surface area contributed by atoms with Crippen LogP contribution in [0.5, 0.6) is 0 Å². The van der Waals surface area contributed by atoms with Crippen LogP contribution < -0.4 is 5.56 Å². The minimum Gasteiger partial charge on any atom is -0.381 e. The van der Waals surface area contributed by atoms with Crippen LogP contribution in [0.2, 0.25) is 0 Å². The van der Waals surface area contributed by atoms with Gasteiger partial charge in [-0.1, -0.05) is 0 Å². The number of hydrogen-bond acceptors (Lipinski definition) is 4. The minimum atomic E-state index is -0.308. The van der Waals surface area contributed by atoms with E-state index < -0.39 is 0 Å². The Hall–Kier alpha value is -1.69. The molecule has 1 amide bonds. The number of hydrogen-bond donors (Lipinski definition) is 1. The quantitative estimate of drug-likeness (QED) is 0.826. The third-order valence-electron chi connectivity index (χ3n) is 3.32. The summed E-state index contributed by atoms with van der Waals surface area (Å²) < 4.78 is 5.31. The number of amides is 1. The van der Waals surface area contributed by atoms with E-state index in [9.17, 15) is 9.59 Å². The molecule has 2 rings (SSSR count). The lowest BCUT2D eigenvalue weighted by Gasteiger charge is -2.36. The number of H-pyrrole nitrogens is 1. The van der Waals surface area contributed by atoms with Crippen LogP contribution in [0, 0.1) is 0 Å². The summed E-state index contributed by atoms with van der Waals surface area (Å²) >= 11 is 0. The number of piperidine rings is 1. The smallest absolute Gasteiger partial charge is 0.274 e. The molecule has 2 heterocycles. The van der Waals surface area contributed by atoms with Gasteiger partial charge in [-0.3, -0.25) is 9.59 Å². The van der Waals surface area contributed by atoms with Crippen LogP contribution in [0.4, 0.5) is 0 Å². The Morgan fingerprint density at radius 1 is 1.56 bits per heavy atom. The number of carbonyl (C=O) groups is 1. The van der Waals surface area contributed by atoms with Gasteiger partial charge in [0.1, 0.15) is 5.69 Å². The molecular weight excluding hydrogens is 234 g/mol. The first-order valence-electron chi connectivity index (χ1n) is 6.01. The molecule has 98 valence electrons. The maximum absolute atomic E-state index is 12.2. The first-order chi connectivity index (χ1) is 8.61. The molecule has 1 N–H and O–H groups in total. The Morgan fingerprint density at radius 3 is 2.89 bits per heavy atom. The summed E-state index contributed by atoms with van der Waals surface area (Å²) in [5.41, 5.74) is -0.0324. The van der Waals surface area contributed by atoms with E-state index in [2.05, 4.69) is 10.2 Å². The second kappa shape index (κ2) is 5.30. The van der Waals surface area contributed by atoms with Crippen molar-refractivity contribution in [2.45, 2.75) is 31.9 Å². The van der Waals surface area contributed by atoms with Crippen molar-refractivity contribution in [2.75, 3.05) is 13.7 Å². The highest BCUT2D eigenvalue weighted by atomic mass is 16.5. The van der Waals surface area contributed by atoms with Crippen molar-refractivity contribution in [1.29, 1.82) is 0 Å². The van der Waals surface area contributed by atoms with Gasteiger partial charge in [-0.25, -0.2) is 5.10 Å². The Balaban J connectivity index is 2.10. The van der Waals surface area contributed by atoms with E-state index in [1.54, 1.807) is 12.0 Å². The molecule has 0 aromatic carbocycles. The number of aromatic nitrogens is 2. The molecule has 1 aromatic rings. The van der Waals surface area contributed by atoms with Gasteiger partial charge >= 0.3 is 0 Å². The fourth-order valence-electron chi connectivity index (χ4n) is 2.26. The molecule has 1 aliphatic heterocycles. The first kappa shape index (κ1) is 12.8. The SMILES string of the molecule is COC1CCN(C(=O)c2ccc(=O)[nH]n2)C(C)C1. The highest BCUT2D eigenvalue weighted by Crippen LogP contribution is 2.20.